The van der Waals surface area contributed by atoms with Crippen molar-refractivity contribution in [3.8, 4) is 5.75 Å². The Bertz CT molecular complexity index is 1270. The van der Waals surface area contributed by atoms with E-state index in [1.54, 1.807) is 0 Å². The summed E-state index contributed by atoms with van der Waals surface area (Å²) in [6.45, 7) is 3.86. The fraction of sp³-hybridized carbons (Fsp3) is 0.194. The van der Waals surface area contributed by atoms with Crippen molar-refractivity contribution >= 4 is 11.6 Å². The van der Waals surface area contributed by atoms with Crippen LogP contribution in [0.15, 0.2) is 103 Å². The highest BCUT2D eigenvalue weighted by atomic mass is 16.5. The highest BCUT2D eigenvalue weighted by Crippen LogP contribution is 2.38. The summed E-state index contributed by atoms with van der Waals surface area (Å²) >= 11 is 0. The summed E-state index contributed by atoms with van der Waals surface area (Å²) in [5.74, 6) is 0.544. The highest BCUT2D eigenvalue weighted by molar-refractivity contribution is 5.91. The number of carbonyl (C=O) groups excluding carboxylic acids is 1. The van der Waals surface area contributed by atoms with Gasteiger partial charge in [0.15, 0.2) is 6.61 Å². The fourth-order valence-electron chi connectivity index (χ4n) is 4.73. The molecule has 1 aliphatic heterocycles. The van der Waals surface area contributed by atoms with Crippen molar-refractivity contribution in [1.82, 2.24) is 4.90 Å². The van der Waals surface area contributed by atoms with Crippen molar-refractivity contribution in [2.45, 2.75) is 25.9 Å². The maximum atomic E-state index is 12.5. The van der Waals surface area contributed by atoms with Crippen LogP contribution < -0.4 is 10.1 Å². The van der Waals surface area contributed by atoms with E-state index < -0.39 is 0 Å². The molecule has 0 aliphatic carbocycles. The number of hydrogen-bond donors (Lipinski definition) is 1. The molecule has 4 aromatic carbocycles. The van der Waals surface area contributed by atoms with E-state index in [0.29, 0.717) is 5.75 Å². The lowest BCUT2D eigenvalue weighted by atomic mass is 9.87. The largest absolute Gasteiger partial charge is 0.484 e. The van der Waals surface area contributed by atoms with Gasteiger partial charge in [-0.05, 0) is 59.9 Å². The lowest BCUT2D eigenvalue weighted by molar-refractivity contribution is -0.118. The van der Waals surface area contributed by atoms with E-state index in [0.717, 1.165) is 30.8 Å². The predicted octanol–water partition coefficient (Wildman–Crippen LogP) is 6.16. The Kier molecular flexibility index (Phi) is 6.92. The average molecular weight is 463 g/mol. The second-order valence-corrected chi connectivity index (χ2v) is 9.08. The molecule has 0 fully saturated rings. The molecule has 1 unspecified atom stereocenters. The van der Waals surface area contributed by atoms with Gasteiger partial charge in [-0.3, -0.25) is 9.69 Å². The molecule has 0 radical (unpaired) electrons. The van der Waals surface area contributed by atoms with Crippen molar-refractivity contribution in [2.24, 2.45) is 0 Å². The molecule has 0 saturated carbocycles. The van der Waals surface area contributed by atoms with Crippen LogP contribution in [0.1, 0.15) is 33.9 Å². The number of rotatable bonds is 7. The van der Waals surface area contributed by atoms with Gasteiger partial charge in [-0.2, -0.15) is 0 Å². The first-order chi connectivity index (χ1) is 17.2. The lowest BCUT2D eigenvalue weighted by Gasteiger charge is -2.38. The summed E-state index contributed by atoms with van der Waals surface area (Å²) in [5.41, 5.74) is 7.07. The van der Waals surface area contributed by atoms with Gasteiger partial charge in [0, 0.05) is 18.8 Å². The van der Waals surface area contributed by atoms with Gasteiger partial charge < -0.3 is 10.1 Å². The van der Waals surface area contributed by atoms with Crippen molar-refractivity contribution in [1.29, 1.82) is 0 Å². The third-order valence-electron chi connectivity index (χ3n) is 6.49. The van der Waals surface area contributed by atoms with E-state index in [-0.39, 0.29) is 18.6 Å². The zero-order chi connectivity index (χ0) is 24.0. The Balaban J connectivity index is 1.36. The minimum absolute atomic E-state index is 0.0314. The molecule has 176 valence electrons. The first-order valence-electron chi connectivity index (χ1n) is 12.1. The topological polar surface area (TPSA) is 41.6 Å². The second kappa shape index (κ2) is 10.6. The first-order valence-corrected chi connectivity index (χ1v) is 12.1. The van der Waals surface area contributed by atoms with E-state index >= 15 is 0 Å². The molecule has 0 saturated heterocycles. The number of hydrogen-bond acceptors (Lipinski definition) is 3. The van der Waals surface area contributed by atoms with Gasteiger partial charge in [-0.25, -0.2) is 0 Å². The molecule has 4 nitrogen and oxygen atoms in total. The van der Waals surface area contributed by atoms with E-state index in [4.69, 9.17) is 4.74 Å². The summed E-state index contributed by atoms with van der Waals surface area (Å²) in [4.78, 5) is 15.0. The van der Waals surface area contributed by atoms with Gasteiger partial charge in [0.25, 0.3) is 5.91 Å². The molecule has 0 bridgehead atoms. The highest BCUT2D eigenvalue weighted by Gasteiger charge is 2.29. The van der Waals surface area contributed by atoms with Crippen molar-refractivity contribution < 1.29 is 9.53 Å². The second-order valence-electron chi connectivity index (χ2n) is 9.08. The first kappa shape index (κ1) is 22.9. The van der Waals surface area contributed by atoms with Gasteiger partial charge in [-0.1, -0.05) is 84.4 Å². The number of carbonyl (C=O) groups is 1. The van der Waals surface area contributed by atoms with Gasteiger partial charge in [0.2, 0.25) is 0 Å². The molecule has 4 aromatic rings. The number of nitrogens with zero attached hydrogens (tertiary/aromatic N) is 1. The van der Waals surface area contributed by atoms with Crippen molar-refractivity contribution in [3.63, 3.8) is 0 Å². The summed E-state index contributed by atoms with van der Waals surface area (Å²) in [5, 5.41) is 2.90. The van der Waals surface area contributed by atoms with Crippen LogP contribution in [0.3, 0.4) is 0 Å². The summed E-state index contributed by atoms with van der Waals surface area (Å²) < 4.78 is 5.94. The SMILES string of the molecule is Cc1ccc(NC(=O)COc2ccc3c(c2)C(c2ccccc2)N(Cc2ccccc2)CC3)cc1. The van der Waals surface area contributed by atoms with E-state index in [9.17, 15) is 4.79 Å². The standard InChI is InChI=1S/C31H30N2O2/c1-23-12-15-27(16-13-23)32-30(34)22-35-28-17-14-25-18-19-33(21-24-8-4-2-5-9-24)31(29(25)20-28)26-10-6-3-7-11-26/h2-17,20,31H,18-19,21-22H2,1H3,(H,32,34). The smallest absolute Gasteiger partial charge is 0.262 e. The Labute approximate surface area is 207 Å². The quantitative estimate of drug-likeness (QED) is 0.358. The summed E-state index contributed by atoms with van der Waals surface area (Å²) in [6.07, 6.45) is 0.986. The van der Waals surface area contributed by atoms with Crippen LogP contribution >= 0.6 is 0 Å². The molecule has 1 atom stereocenters. The molecule has 1 N–H and O–H groups in total. The Morgan fingerprint density at radius 1 is 0.914 bits per heavy atom. The molecule has 0 aromatic heterocycles. The predicted molar refractivity (Wildman–Crippen MR) is 141 cm³/mol. The molecule has 1 heterocycles. The van der Waals surface area contributed by atoms with Crippen LogP contribution in [0, 0.1) is 6.92 Å². The zero-order valence-corrected chi connectivity index (χ0v) is 20.0. The molecule has 35 heavy (non-hydrogen) atoms. The molecule has 0 spiro atoms. The van der Waals surface area contributed by atoms with Gasteiger partial charge in [0.1, 0.15) is 5.75 Å². The number of benzene rings is 4. The molecule has 1 aliphatic rings. The van der Waals surface area contributed by atoms with Crippen LogP contribution in [0.2, 0.25) is 0 Å². The van der Waals surface area contributed by atoms with Crippen molar-refractivity contribution in [3.05, 3.63) is 131 Å². The maximum Gasteiger partial charge on any atom is 0.262 e. The summed E-state index contributed by atoms with van der Waals surface area (Å²) in [7, 11) is 0. The monoisotopic (exact) mass is 462 g/mol. The van der Waals surface area contributed by atoms with Crippen LogP contribution in [-0.2, 0) is 17.8 Å². The summed E-state index contributed by atoms with van der Waals surface area (Å²) in [6, 6.07) is 35.4. The van der Waals surface area contributed by atoms with E-state index in [1.807, 2.05) is 37.3 Å². The van der Waals surface area contributed by atoms with Crippen LogP contribution in [-0.4, -0.2) is 24.0 Å². The van der Waals surface area contributed by atoms with Crippen molar-refractivity contribution in [2.75, 3.05) is 18.5 Å². The van der Waals surface area contributed by atoms with Crippen LogP contribution in [0.4, 0.5) is 5.69 Å². The normalized spacial score (nSPS) is 15.3. The van der Waals surface area contributed by atoms with E-state index in [2.05, 4.69) is 83.0 Å². The molecular weight excluding hydrogens is 432 g/mol. The van der Waals surface area contributed by atoms with E-state index in [1.165, 1.54) is 22.3 Å². The van der Waals surface area contributed by atoms with Gasteiger partial charge in [-0.15, -0.1) is 0 Å². The average Bonchev–Trinajstić information content (AvgIpc) is 2.90. The Morgan fingerprint density at radius 3 is 2.37 bits per heavy atom. The molecular formula is C31H30N2O2. The Morgan fingerprint density at radius 2 is 1.63 bits per heavy atom. The van der Waals surface area contributed by atoms with Gasteiger partial charge >= 0.3 is 0 Å². The number of aryl methyl sites for hydroxylation is 1. The Hall–Kier alpha value is -3.89. The number of anilines is 1. The number of amides is 1. The number of fused-ring (bicyclic) bond motifs is 1. The maximum absolute atomic E-state index is 12.5. The minimum Gasteiger partial charge on any atom is -0.484 e. The number of nitrogens with one attached hydrogen (secondary N) is 1. The van der Waals surface area contributed by atoms with Gasteiger partial charge in [0.05, 0.1) is 6.04 Å². The third kappa shape index (κ3) is 5.61. The number of ether oxygens (including phenoxy) is 1. The molecule has 4 heteroatoms. The lowest BCUT2D eigenvalue weighted by Crippen LogP contribution is -2.35. The van der Waals surface area contributed by atoms with Crippen LogP contribution in [0.25, 0.3) is 0 Å². The van der Waals surface area contributed by atoms with Crippen LogP contribution in [0.5, 0.6) is 5.75 Å². The minimum atomic E-state index is -0.170. The fourth-order valence-corrected chi connectivity index (χ4v) is 4.73. The zero-order valence-electron chi connectivity index (χ0n) is 20.0. The molecule has 1 amide bonds. The third-order valence-corrected chi connectivity index (χ3v) is 6.49. The molecule has 5 rings (SSSR count).